The predicted octanol–water partition coefficient (Wildman–Crippen LogP) is 0.433. The van der Waals surface area contributed by atoms with Crippen LogP contribution < -0.4 is 5.32 Å². The minimum atomic E-state index is 0. The molecule has 0 aromatic heterocycles. The third-order valence-corrected chi connectivity index (χ3v) is 1.67. The molecule has 1 fully saturated rings. The average molecular weight is 182 g/mol. The molecule has 11 heavy (non-hydrogen) atoms. The lowest BCUT2D eigenvalue weighted by Gasteiger charge is -2.08. The minimum absolute atomic E-state index is 0. The van der Waals surface area contributed by atoms with Gasteiger partial charge in [-0.05, 0) is 6.42 Å². The second kappa shape index (κ2) is 6.85. The summed E-state index contributed by atoms with van der Waals surface area (Å²) >= 11 is 0. The molecule has 0 bridgehead atoms. The monoisotopic (exact) mass is 181 g/mol. The van der Waals surface area contributed by atoms with Crippen molar-refractivity contribution in [2.45, 2.75) is 12.5 Å². The van der Waals surface area contributed by atoms with Crippen LogP contribution in [0.3, 0.4) is 0 Å². The maximum Gasteiger partial charge on any atom is 0.0620 e. The SMILES string of the molecule is COCCNC1CCOC1.Cl. The number of nitrogens with one attached hydrogen (secondary N) is 1. The molecule has 0 aliphatic carbocycles. The van der Waals surface area contributed by atoms with Gasteiger partial charge in [-0.1, -0.05) is 0 Å². The Bertz CT molecular complexity index is 86.5. The fourth-order valence-electron chi connectivity index (χ4n) is 1.06. The number of hydrogen-bond acceptors (Lipinski definition) is 3. The van der Waals surface area contributed by atoms with Crippen LogP contribution in [-0.4, -0.2) is 39.5 Å². The summed E-state index contributed by atoms with van der Waals surface area (Å²) in [5.41, 5.74) is 0. The van der Waals surface area contributed by atoms with Gasteiger partial charge in [-0.15, -0.1) is 12.4 Å². The van der Waals surface area contributed by atoms with E-state index in [9.17, 15) is 0 Å². The van der Waals surface area contributed by atoms with E-state index in [4.69, 9.17) is 9.47 Å². The van der Waals surface area contributed by atoms with E-state index in [0.29, 0.717) is 6.04 Å². The summed E-state index contributed by atoms with van der Waals surface area (Å²) in [6.07, 6.45) is 1.14. The number of rotatable bonds is 4. The largest absolute Gasteiger partial charge is 0.383 e. The molecule has 3 nitrogen and oxygen atoms in total. The summed E-state index contributed by atoms with van der Waals surface area (Å²) in [7, 11) is 1.72. The fraction of sp³-hybridized carbons (Fsp3) is 1.00. The van der Waals surface area contributed by atoms with Crippen molar-refractivity contribution in [2.24, 2.45) is 0 Å². The summed E-state index contributed by atoms with van der Waals surface area (Å²) in [5, 5.41) is 3.33. The van der Waals surface area contributed by atoms with E-state index in [2.05, 4.69) is 5.32 Å². The van der Waals surface area contributed by atoms with Gasteiger partial charge >= 0.3 is 0 Å². The van der Waals surface area contributed by atoms with Gasteiger partial charge in [0.15, 0.2) is 0 Å². The van der Waals surface area contributed by atoms with Gasteiger partial charge in [-0.3, -0.25) is 0 Å². The van der Waals surface area contributed by atoms with Crippen LogP contribution in [0.25, 0.3) is 0 Å². The standard InChI is InChI=1S/C7H15NO2.ClH/c1-9-5-3-8-7-2-4-10-6-7;/h7-8H,2-6H2,1H3;1H. The van der Waals surface area contributed by atoms with Crippen LogP contribution in [0.5, 0.6) is 0 Å². The van der Waals surface area contributed by atoms with Crippen molar-refractivity contribution in [3.63, 3.8) is 0 Å². The molecule has 1 aliphatic heterocycles. The molecular formula is C7H16ClNO2. The van der Waals surface area contributed by atoms with Gasteiger partial charge in [0, 0.05) is 26.3 Å². The van der Waals surface area contributed by atoms with E-state index < -0.39 is 0 Å². The Morgan fingerprint density at radius 3 is 3.00 bits per heavy atom. The number of halogens is 1. The van der Waals surface area contributed by atoms with Gasteiger partial charge in [0.2, 0.25) is 0 Å². The Kier molecular flexibility index (Phi) is 6.96. The van der Waals surface area contributed by atoms with E-state index in [0.717, 1.165) is 32.8 Å². The molecule has 68 valence electrons. The van der Waals surface area contributed by atoms with Gasteiger partial charge in [0.1, 0.15) is 0 Å². The number of methoxy groups -OCH3 is 1. The molecule has 0 radical (unpaired) electrons. The third-order valence-electron chi connectivity index (χ3n) is 1.67. The maximum absolute atomic E-state index is 5.18. The smallest absolute Gasteiger partial charge is 0.0620 e. The number of ether oxygens (including phenoxy) is 2. The van der Waals surface area contributed by atoms with Crippen molar-refractivity contribution >= 4 is 12.4 Å². The molecule has 1 saturated heterocycles. The molecule has 1 atom stereocenters. The lowest BCUT2D eigenvalue weighted by Crippen LogP contribution is -2.31. The van der Waals surface area contributed by atoms with Crippen LogP contribution in [0, 0.1) is 0 Å². The predicted molar refractivity (Wildman–Crippen MR) is 46.4 cm³/mol. The first-order valence-corrected chi connectivity index (χ1v) is 3.73. The molecule has 4 heteroatoms. The first-order chi connectivity index (χ1) is 4.93. The third kappa shape index (κ3) is 4.58. The van der Waals surface area contributed by atoms with E-state index in [1.807, 2.05) is 0 Å². The maximum atomic E-state index is 5.18. The van der Waals surface area contributed by atoms with E-state index in [-0.39, 0.29) is 12.4 Å². The Morgan fingerprint density at radius 1 is 1.64 bits per heavy atom. The Hall–Kier alpha value is 0.170. The molecule has 1 aliphatic rings. The lowest BCUT2D eigenvalue weighted by atomic mass is 10.3. The first kappa shape index (κ1) is 11.2. The fourth-order valence-corrected chi connectivity index (χ4v) is 1.06. The van der Waals surface area contributed by atoms with Gasteiger partial charge in [-0.2, -0.15) is 0 Å². The topological polar surface area (TPSA) is 30.5 Å². The summed E-state index contributed by atoms with van der Waals surface area (Å²) in [4.78, 5) is 0. The van der Waals surface area contributed by atoms with Crippen LogP contribution in [-0.2, 0) is 9.47 Å². The molecule has 0 saturated carbocycles. The van der Waals surface area contributed by atoms with Crippen molar-refractivity contribution in [3.05, 3.63) is 0 Å². The molecule has 0 aromatic carbocycles. The Labute approximate surface area is 73.9 Å². The molecule has 1 unspecified atom stereocenters. The van der Waals surface area contributed by atoms with Crippen molar-refractivity contribution in [3.8, 4) is 0 Å². The summed E-state index contributed by atoms with van der Waals surface area (Å²) in [5.74, 6) is 0. The molecule has 0 spiro atoms. The molecule has 1 heterocycles. The van der Waals surface area contributed by atoms with Crippen LogP contribution in [0.4, 0.5) is 0 Å². The van der Waals surface area contributed by atoms with Gasteiger partial charge in [-0.25, -0.2) is 0 Å². The van der Waals surface area contributed by atoms with Crippen LogP contribution in [0.1, 0.15) is 6.42 Å². The molecular weight excluding hydrogens is 166 g/mol. The second-order valence-electron chi connectivity index (χ2n) is 2.51. The Balaban J connectivity index is 0.000001000. The zero-order chi connectivity index (χ0) is 7.23. The van der Waals surface area contributed by atoms with Crippen LogP contribution in [0.2, 0.25) is 0 Å². The molecule has 1 N–H and O–H groups in total. The summed E-state index contributed by atoms with van der Waals surface area (Å²) < 4.78 is 10.1. The quantitative estimate of drug-likeness (QED) is 0.639. The summed E-state index contributed by atoms with van der Waals surface area (Å²) in [6, 6.07) is 0.565. The van der Waals surface area contributed by atoms with E-state index in [1.165, 1.54) is 0 Å². The normalized spacial score (nSPS) is 23.2. The van der Waals surface area contributed by atoms with E-state index >= 15 is 0 Å². The lowest BCUT2D eigenvalue weighted by molar-refractivity contribution is 0.179. The molecule has 0 amide bonds. The van der Waals surface area contributed by atoms with Crippen LogP contribution in [0.15, 0.2) is 0 Å². The van der Waals surface area contributed by atoms with E-state index in [1.54, 1.807) is 7.11 Å². The number of hydrogen-bond donors (Lipinski definition) is 1. The van der Waals surface area contributed by atoms with Gasteiger partial charge < -0.3 is 14.8 Å². The average Bonchev–Trinajstić information content (AvgIpc) is 2.41. The molecule has 1 rings (SSSR count). The van der Waals surface area contributed by atoms with Crippen molar-refractivity contribution < 1.29 is 9.47 Å². The highest BCUT2D eigenvalue weighted by Gasteiger charge is 2.13. The van der Waals surface area contributed by atoms with Gasteiger partial charge in [0.05, 0.1) is 13.2 Å². The van der Waals surface area contributed by atoms with Crippen molar-refractivity contribution in [1.29, 1.82) is 0 Å². The zero-order valence-corrected chi connectivity index (χ0v) is 7.65. The second-order valence-corrected chi connectivity index (χ2v) is 2.51. The van der Waals surface area contributed by atoms with Crippen molar-refractivity contribution in [2.75, 3.05) is 33.5 Å². The highest BCUT2D eigenvalue weighted by atomic mass is 35.5. The Morgan fingerprint density at radius 2 is 2.45 bits per heavy atom. The van der Waals surface area contributed by atoms with Gasteiger partial charge in [0.25, 0.3) is 0 Å². The van der Waals surface area contributed by atoms with Crippen molar-refractivity contribution in [1.82, 2.24) is 5.32 Å². The highest BCUT2D eigenvalue weighted by molar-refractivity contribution is 5.85. The van der Waals surface area contributed by atoms with Crippen LogP contribution >= 0.6 is 12.4 Å². The molecule has 0 aromatic rings. The zero-order valence-electron chi connectivity index (χ0n) is 6.84. The highest BCUT2D eigenvalue weighted by Crippen LogP contribution is 2.01. The minimum Gasteiger partial charge on any atom is -0.383 e. The summed E-state index contributed by atoms with van der Waals surface area (Å²) in [6.45, 7) is 3.50. The first-order valence-electron chi connectivity index (χ1n) is 3.73.